The van der Waals surface area contributed by atoms with E-state index in [1.807, 2.05) is 6.08 Å². The zero-order valence-electron chi connectivity index (χ0n) is 8.54. The smallest absolute Gasteiger partial charge is 0.0178 e. The highest BCUT2D eigenvalue weighted by molar-refractivity contribution is 6.25. The predicted octanol–water partition coefficient (Wildman–Crippen LogP) is 1.76. The van der Waals surface area contributed by atoms with Crippen LogP contribution < -0.4 is 0 Å². The lowest BCUT2D eigenvalue weighted by Gasteiger charge is -2.24. The minimum absolute atomic E-state index is 0.679. The molecular formula is C10H19ClN2. The molecule has 1 aliphatic rings. The molecule has 1 unspecified atom stereocenters. The van der Waals surface area contributed by atoms with Crippen molar-refractivity contribution < 1.29 is 0 Å². The summed E-state index contributed by atoms with van der Waals surface area (Å²) in [5.41, 5.74) is 1.61. The molecule has 0 aromatic rings. The van der Waals surface area contributed by atoms with E-state index in [9.17, 15) is 0 Å². The Kier molecular flexibility index (Phi) is 4.78. The lowest BCUT2D eigenvalue weighted by atomic mass is 10.2. The molecule has 13 heavy (non-hydrogen) atoms. The summed E-state index contributed by atoms with van der Waals surface area (Å²) in [6, 6.07) is 0.679. The van der Waals surface area contributed by atoms with E-state index in [-0.39, 0.29) is 0 Å². The van der Waals surface area contributed by atoms with Gasteiger partial charge in [0.1, 0.15) is 0 Å². The minimum atomic E-state index is 0.679. The number of halogens is 1. The molecule has 0 amide bonds. The molecule has 0 aliphatic carbocycles. The summed E-state index contributed by atoms with van der Waals surface area (Å²) in [7, 11) is 2.19. The van der Waals surface area contributed by atoms with Gasteiger partial charge in [0.25, 0.3) is 0 Å². The van der Waals surface area contributed by atoms with Crippen LogP contribution in [-0.2, 0) is 0 Å². The highest BCUT2D eigenvalue weighted by atomic mass is 35.5. The first-order valence-corrected chi connectivity index (χ1v) is 5.35. The second-order valence-corrected chi connectivity index (χ2v) is 4.05. The van der Waals surface area contributed by atoms with Gasteiger partial charge >= 0.3 is 0 Å². The lowest BCUT2D eigenvalue weighted by molar-refractivity contribution is 0.240. The van der Waals surface area contributed by atoms with E-state index in [2.05, 4.69) is 23.8 Å². The number of likely N-dealkylation sites (N-methyl/N-ethyl adjacent to an activating group) is 1. The van der Waals surface area contributed by atoms with Gasteiger partial charge in [-0.2, -0.15) is 0 Å². The van der Waals surface area contributed by atoms with Crippen LogP contribution >= 0.6 is 11.6 Å². The summed E-state index contributed by atoms with van der Waals surface area (Å²) < 4.78 is 0. The van der Waals surface area contributed by atoms with Crippen LogP contribution in [-0.4, -0.2) is 49.1 Å². The molecule has 0 aromatic heterocycles. The third-order valence-corrected chi connectivity index (χ3v) is 2.93. The number of nitrogens with zero attached hydrogens (tertiary/aromatic N) is 2. The maximum atomic E-state index is 5.52. The molecule has 1 heterocycles. The second kappa shape index (κ2) is 5.63. The standard InChI is InChI=1S/C10H19ClN2/c1-10-4-7-12(2)8-9-13(10)6-3-5-11/h3,5,10H,4,6-9H2,1-2H3/b5-3+. The number of hydrogen-bond acceptors (Lipinski definition) is 2. The molecule has 1 fully saturated rings. The van der Waals surface area contributed by atoms with Crippen molar-refractivity contribution in [1.29, 1.82) is 0 Å². The van der Waals surface area contributed by atoms with Crippen LogP contribution in [0.2, 0.25) is 0 Å². The van der Waals surface area contributed by atoms with E-state index in [1.165, 1.54) is 19.5 Å². The van der Waals surface area contributed by atoms with Crippen molar-refractivity contribution in [3.8, 4) is 0 Å². The number of hydrogen-bond donors (Lipinski definition) is 0. The average molecular weight is 203 g/mol. The van der Waals surface area contributed by atoms with Crippen molar-refractivity contribution >= 4 is 11.6 Å². The van der Waals surface area contributed by atoms with Gasteiger partial charge < -0.3 is 4.90 Å². The van der Waals surface area contributed by atoms with Crippen molar-refractivity contribution in [3.63, 3.8) is 0 Å². The van der Waals surface area contributed by atoms with E-state index < -0.39 is 0 Å². The van der Waals surface area contributed by atoms with Gasteiger partial charge in [0.05, 0.1) is 0 Å². The zero-order chi connectivity index (χ0) is 9.68. The van der Waals surface area contributed by atoms with Crippen LogP contribution in [0.4, 0.5) is 0 Å². The second-order valence-electron chi connectivity index (χ2n) is 3.80. The molecule has 1 atom stereocenters. The molecule has 0 bridgehead atoms. The summed E-state index contributed by atoms with van der Waals surface area (Å²) in [4.78, 5) is 4.86. The Labute approximate surface area is 86.2 Å². The Bertz CT molecular complexity index is 170. The third kappa shape index (κ3) is 3.67. The highest BCUT2D eigenvalue weighted by Crippen LogP contribution is 2.09. The third-order valence-electron chi connectivity index (χ3n) is 2.75. The maximum absolute atomic E-state index is 5.52. The van der Waals surface area contributed by atoms with E-state index in [0.717, 1.165) is 13.1 Å². The summed E-state index contributed by atoms with van der Waals surface area (Å²) in [6.45, 7) is 6.81. The molecule has 0 saturated carbocycles. The van der Waals surface area contributed by atoms with E-state index in [1.54, 1.807) is 5.54 Å². The molecular weight excluding hydrogens is 184 g/mol. The van der Waals surface area contributed by atoms with Gasteiger partial charge in [0, 0.05) is 31.2 Å². The summed E-state index contributed by atoms with van der Waals surface area (Å²) in [5, 5.41) is 0. The van der Waals surface area contributed by atoms with Crippen molar-refractivity contribution in [2.45, 2.75) is 19.4 Å². The highest BCUT2D eigenvalue weighted by Gasteiger charge is 2.17. The SMILES string of the molecule is CC1CCN(C)CCN1C/C=C/Cl. The monoisotopic (exact) mass is 202 g/mol. The van der Waals surface area contributed by atoms with Gasteiger partial charge in [0.15, 0.2) is 0 Å². The lowest BCUT2D eigenvalue weighted by Crippen LogP contribution is -2.34. The molecule has 1 rings (SSSR count). The topological polar surface area (TPSA) is 6.48 Å². The predicted molar refractivity (Wildman–Crippen MR) is 58.1 cm³/mol. The fourth-order valence-corrected chi connectivity index (χ4v) is 1.75. The van der Waals surface area contributed by atoms with Gasteiger partial charge in [-0.05, 0) is 26.9 Å². The fraction of sp³-hybridized carbons (Fsp3) is 0.800. The Morgan fingerprint density at radius 1 is 1.38 bits per heavy atom. The Hall–Kier alpha value is -0.0500. The van der Waals surface area contributed by atoms with Gasteiger partial charge in [-0.3, -0.25) is 4.90 Å². The fourth-order valence-electron chi connectivity index (χ4n) is 1.67. The molecule has 3 heteroatoms. The normalized spacial score (nSPS) is 28.1. The largest absolute Gasteiger partial charge is 0.305 e. The van der Waals surface area contributed by atoms with E-state index in [0.29, 0.717) is 6.04 Å². The molecule has 0 aromatic carbocycles. The van der Waals surface area contributed by atoms with Crippen molar-refractivity contribution in [1.82, 2.24) is 9.80 Å². The summed E-state index contributed by atoms with van der Waals surface area (Å²) in [5.74, 6) is 0. The van der Waals surface area contributed by atoms with Crippen molar-refractivity contribution in [2.75, 3.05) is 33.2 Å². The van der Waals surface area contributed by atoms with Crippen LogP contribution in [0.15, 0.2) is 11.6 Å². The van der Waals surface area contributed by atoms with Gasteiger partial charge in [-0.1, -0.05) is 17.7 Å². The molecule has 1 aliphatic heterocycles. The molecule has 0 spiro atoms. The Balaban J connectivity index is 2.42. The molecule has 2 nitrogen and oxygen atoms in total. The maximum Gasteiger partial charge on any atom is 0.0178 e. The van der Waals surface area contributed by atoms with Crippen LogP contribution in [0.5, 0.6) is 0 Å². The summed E-state index contributed by atoms with van der Waals surface area (Å²) >= 11 is 5.52. The first kappa shape index (κ1) is 11.0. The van der Waals surface area contributed by atoms with E-state index >= 15 is 0 Å². The first-order valence-electron chi connectivity index (χ1n) is 4.92. The van der Waals surface area contributed by atoms with Gasteiger partial charge in [-0.25, -0.2) is 0 Å². The van der Waals surface area contributed by atoms with Crippen molar-refractivity contribution in [3.05, 3.63) is 11.6 Å². The molecule has 1 saturated heterocycles. The van der Waals surface area contributed by atoms with Crippen LogP contribution in [0.1, 0.15) is 13.3 Å². The number of rotatable bonds is 2. The van der Waals surface area contributed by atoms with Gasteiger partial charge in [-0.15, -0.1) is 0 Å². The quantitative estimate of drug-likeness (QED) is 0.674. The Morgan fingerprint density at radius 2 is 2.15 bits per heavy atom. The molecule has 0 radical (unpaired) electrons. The van der Waals surface area contributed by atoms with Crippen LogP contribution in [0.25, 0.3) is 0 Å². The minimum Gasteiger partial charge on any atom is -0.305 e. The molecule has 76 valence electrons. The van der Waals surface area contributed by atoms with Crippen LogP contribution in [0, 0.1) is 0 Å². The Morgan fingerprint density at radius 3 is 2.85 bits per heavy atom. The molecule has 0 N–H and O–H groups in total. The van der Waals surface area contributed by atoms with Crippen molar-refractivity contribution in [2.24, 2.45) is 0 Å². The first-order chi connectivity index (χ1) is 6.24. The van der Waals surface area contributed by atoms with E-state index in [4.69, 9.17) is 11.6 Å². The van der Waals surface area contributed by atoms with Crippen LogP contribution in [0.3, 0.4) is 0 Å². The zero-order valence-corrected chi connectivity index (χ0v) is 9.30. The average Bonchev–Trinajstić information content (AvgIpc) is 2.28. The van der Waals surface area contributed by atoms with Gasteiger partial charge in [0.2, 0.25) is 0 Å². The summed E-state index contributed by atoms with van der Waals surface area (Å²) in [6.07, 6.45) is 3.27.